The van der Waals surface area contributed by atoms with Gasteiger partial charge in [-0.15, -0.1) is 0 Å². The van der Waals surface area contributed by atoms with Crippen LogP contribution in [0.5, 0.6) is 0 Å². The third kappa shape index (κ3) is 5.27. The normalized spacial score (nSPS) is 10.2. The Morgan fingerprint density at radius 1 is 1.35 bits per heavy atom. The van der Waals surface area contributed by atoms with E-state index in [-0.39, 0.29) is 0 Å². The molecule has 0 amide bonds. The van der Waals surface area contributed by atoms with E-state index in [1.165, 1.54) is 6.20 Å². The van der Waals surface area contributed by atoms with Crippen molar-refractivity contribution in [2.75, 3.05) is 25.1 Å². The van der Waals surface area contributed by atoms with Gasteiger partial charge in [-0.3, -0.25) is 0 Å². The number of nitriles is 1. The van der Waals surface area contributed by atoms with Gasteiger partial charge in [-0.05, 0) is 12.3 Å². The molecule has 0 aromatic carbocycles. The Hall–Kier alpha value is -1.67. The highest BCUT2D eigenvalue weighted by molar-refractivity contribution is 5.46. The van der Waals surface area contributed by atoms with E-state index in [0.29, 0.717) is 30.6 Å². The van der Waals surface area contributed by atoms with Crippen molar-refractivity contribution in [3.8, 4) is 6.07 Å². The molecular weight excluding hydrogens is 216 g/mol. The SMILES string of the molecule is CC(C)CCOCCNc1nccnc1C#N. The van der Waals surface area contributed by atoms with Gasteiger partial charge in [-0.25, -0.2) is 9.97 Å². The molecule has 0 aliphatic rings. The van der Waals surface area contributed by atoms with E-state index in [0.717, 1.165) is 13.0 Å². The molecule has 1 heterocycles. The van der Waals surface area contributed by atoms with Gasteiger partial charge in [0.2, 0.25) is 0 Å². The van der Waals surface area contributed by atoms with Gasteiger partial charge in [0.1, 0.15) is 6.07 Å². The maximum Gasteiger partial charge on any atom is 0.182 e. The van der Waals surface area contributed by atoms with Crippen molar-refractivity contribution in [3.05, 3.63) is 18.1 Å². The molecule has 0 saturated heterocycles. The van der Waals surface area contributed by atoms with Crippen LogP contribution in [0, 0.1) is 17.2 Å². The summed E-state index contributed by atoms with van der Waals surface area (Å²) in [6, 6.07) is 1.99. The van der Waals surface area contributed by atoms with Crippen molar-refractivity contribution in [1.29, 1.82) is 5.26 Å². The van der Waals surface area contributed by atoms with Gasteiger partial charge in [0.25, 0.3) is 0 Å². The Morgan fingerprint density at radius 2 is 2.12 bits per heavy atom. The maximum absolute atomic E-state index is 8.80. The van der Waals surface area contributed by atoms with Crippen LogP contribution in [0.2, 0.25) is 0 Å². The molecule has 5 nitrogen and oxygen atoms in total. The highest BCUT2D eigenvalue weighted by Gasteiger charge is 2.02. The molecular formula is C12H18N4O. The van der Waals surface area contributed by atoms with Gasteiger partial charge in [0.15, 0.2) is 11.5 Å². The Morgan fingerprint density at radius 3 is 2.82 bits per heavy atom. The summed E-state index contributed by atoms with van der Waals surface area (Å²) in [5.74, 6) is 1.18. The maximum atomic E-state index is 8.80. The number of nitrogens with zero attached hydrogens (tertiary/aromatic N) is 3. The number of nitrogens with one attached hydrogen (secondary N) is 1. The molecule has 17 heavy (non-hydrogen) atoms. The highest BCUT2D eigenvalue weighted by atomic mass is 16.5. The van der Waals surface area contributed by atoms with E-state index in [9.17, 15) is 0 Å². The van der Waals surface area contributed by atoms with E-state index in [1.807, 2.05) is 6.07 Å². The molecule has 0 bridgehead atoms. The Bertz CT molecular complexity index is 373. The van der Waals surface area contributed by atoms with Gasteiger partial charge in [-0.1, -0.05) is 13.8 Å². The Labute approximate surface area is 102 Å². The number of aromatic nitrogens is 2. The molecule has 0 unspecified atom stereocenters. The average molecular weight is 234 g/mol. The van der Waals surface area contributed by atoms with Crippen molar-refractivity contribution in [1.82, 2.24) is 9.97 Å². The van der Waals surface area contributed by atoms with Crippen LogP contribution in [0.15, 0.2) is 12.4 Å². The van der Waals surface area contributed by atoms with E-state index in [1.54, 1.807) is 6.20 Å². The largest absolute Gasteiger partial charge is 0.380 e. The molecule has 0 atom stereocenters. The summed E-state index contributed by atoms with van der Waals surface area (Å²) >= 11 is 0. The zero-order valence-electron chi connectivity index (χ0n) is 10.3. The van der Waals surface area contributed by atoms with Gasteiger partial charge in [0.05, 0.1) is 6.61 Å². The van der Waals surface area contributed by atoms with Crippen LogP contribution in [0.4, 0.5) is 5.82 Å². The van der Waals surface area contributed by atoms with Crippen LogP contribution in [-0.2, 0) is 4.74 Å². The fourth-order valence-corrected chi connectivity index (χ4v) is 1.21. The van der Waals surface area contributed by atoms with Crippen molar-refractivity contribution >= 4 is 5.82 Å². The first-order valence-corrected chi connectivity index (χ1v) is 5.76. The zero-order valence-corrected chi connectivity index (χ0v) is 10.3. The van der Waals surface area contributed by atoms with Crippen LogP contribution >= 0.6 is 0 Å². The summed E-state index contributed by atoms with van der Waals surface area (Å²) in [6.45, 7) is 6.34. The van der Waals surface area contributed by atoms with Crippen LogP contribution in [-0.4, -0.2) is 29.7 Å². The van der Waals surface area contributed by atoms with Crippen molar-refractivity contribution in [3.63, 3.8) is 0 Å². The van der Waals surface area contributed by atoms with Crippen molar-refractivity contribution in [2.45, 2.75) is 20.3 Å². The summed E-state index contributed by atoms with van der Waals surface area (Å²) in [7, 11) is 0. The molecule has 0 radical (unpaired) electrons. The quantitative estimate of drug-likeness (QED) is 0.729. The Balaban J connectivity index is 2.20. The molecule has 0 spiro atoms. The molecule has 1 aromatic rings. The molecule has 0 fully saturated rings. The second kappa shape index (κ2) is 7.58. The zero-order chi connectivity index (χ0) is 12.5. The lowest BCUT2D eigenvalue weighted by atomic mass is 10.1. The van der Waals surface area contributed by atoms with Crippen molar-refractivity contribution < 1.29 is 4.74 Å². The number of hydrogen-bond acceptors (Lipinski definition) is 5. The third-order valence-corrected chi connectivity index (χ3v) is 2.18. The number of rotatable bonds is 7. The average Bonchev–Trinajstić information content (AvgIpc) is 2.33. The molecule has 5 heteroatoms. The fourth-order valence-electron chi connectivity index (χ4n) is 1.21. The lowest BCUT2D eigenvalue weighted by molar-refractivity contribution is 0.132. The summed E-state index contributed by atoms with van der Waals surface area (Å²) in [5, 5.41) is 11.8. The minimum Gasteiger partial charge on any atom is -0.380 e. The smallest absolute Gasteiger partial charge is 0.182 e. The molecule has 0 saturated carbocycles. The first kappa shape index (κ1) is 13.4. The van der Waals surface area contributed by atoms with E-state index in [4.69, 9.17) is 10.00 Å². The van der Waals surface area contributed by atoms with Gasteiger partial charge >= 0.3 is 0 Å². The summed E-state index contributed by atoms with van der Waals surface area (Å²) in [5.41, 5.74) is 0.315. The lowest BCUT2D eigenvalue weighted by Gasteiger charge is -2.08. The first-order chi connectivity index (χ1) is 8.24. The standard InChI is InChI=1S/C12H18N4O/c1-10(2)3-7-17-8-6-16-12-11(9-13)14-4-5-15-12/h4-5,10H,3,6-8H2,1-2H3,(H,15,16). The van der Waals surface area contributed by atoms with Crippen LogP contribution in [0.25, 0.3) is 0 Å². The van der Waals surface area contributed by atoms with E-state index < -0.39 is 0 Å². The molecule has 1 N–H and O–H groups in total. The predicted molar refractivity (Wildman–Crippen MR) is 65.5 cm³/mol. The molecule has 0 aliphatic carbocycles. The lowest BCUT2D eigenvalue weighted by Crippen LogP contribution is -2.12. The number of anilines is 1. The number of ether oxygens (including phenoxy) is 1. The topological polar surface area (TPSA) is 70.8 Å². The van der Waals surface area contributed by atoms with Crippen molar-refractivity contribution in [2.24, 2.45) is 5.92 Å². The van der Waals surface area contributed by atoms with Crippen LogP contribution in [0.1, 0.15) is 26.0 Å². The molecule has 1 aromatic heterocycles. The van der Waals surface area contributed by atoms with Crippen LogP contribution < -0.4 is 5.32 Å². The predicted octanol–water partition coefficient (Wildman–Crippen LogP) is 1.82. The fraction of sp³-hybridized carbons (Fsp3) is 0.583. The number of hydrogen-bond donors (Lipinski definition) is 1. The second-order valence-electron chi connectivity index (χ2n) is 4.09. The van der Waals surface area contributed by atoms with Gasteiger partial charge in [0, 0.05) is 25.5 Å². The summed E-state index contributed by atoms with van der Waals surface area (Å²) in [4.78, 5) is 7.95. The van der Waals surface area contributed by atoms with Crippen LogP contribution in [0.3, 0.4) is 0 Å². The van der Waals surface area contributed by atoms with E-state index in [2.05, 4.69) is 29.1 Å². The Kier molecular flexibility index (Phi) is 5.97. The van der Waals surface area contributed by atoms with Gasteiger partial charge < -0.3 is 10.1 Å². The minimum absolute atomic E-state index is 0.315. The second-order valence-corrected chi connectivity index (χ2v) is 4.09. The molecule has 92 valence electrons. The van der Waals surface area contributed by atoms with Gasteiger partial charge in [-0.2, -0.15) is 5.26 Å². The molecule has 1 rings (SSSR count). The summed E-state index contributed by atoms with van der Waals surface area (Å²) < 4.78 is 5.45. The minimum atomic E-state index is 0.315. The molecule has 0 aliphatic heterocycles. The summed E-state index contributed by atoms with van der Waals surface area (Å²) in [6.07, 6.45) is 4.13. The first-order valence-electron chi connectivity index (χ1n) is 5.76. The third-order valence-electron chi connectivity index (χ3n) is 2.18. The monoisotopic (exact) mass is 234 g/mol. The van der Waals surface area contributed by atoms with E-state index >= 15 is 0 Å². The highest BCUT2D eigenvalue weighted by Crippen LogP contribution is 2.05.